The van der Waals surface area contributed by atoms with Gasteiger partial charge in [0.05, 0.1) is 6.10 Å². The highest BCUT2D eigenvalue weighted by Crippen LogP contribution is 2.44. The van der Waals surface area contributed by atoms with Crippen molar-refractivity contribution in [1.29, 1.82) is 0 Å². The number of carbonyl (C=O) groups excluding carboxylic acids is 1. The van der Waals surface area contributed by atoms with Crippen molar-refractivity contribution in [2.45, 2.75) is 82.5 Å². The lowest BCUT2D eigenvalue weighted by Gasteiger charge is -2.46. The van der Waals surface area contributed by atoms with E-state index < -0.39 is 0 Å². The van der Waals surface area contributed by atoms with Crippen LogP contribution in [-0.4, -0.2) is 54.3 Å². The largest absolute Gasteiger partial charge is 0.381 e. The van der Waals surface area contributed by atoms with Gasteiger partial charge in [-0.25, -0.2) is 0 Å². The van der Waals surface area contributed by atoms with Crippen LogP contribution in [0, 0.1) is 5.92 Å². The van der Waals surface area contributed by atoms with Gasteiger partial charge in [0, 0.05) is 60.7 Å². The van der Waals surface area contributed by atoms with Gasteiger partial charge in [-0.2, -0.15) is 0 Å². The van der Waals surface area contributed by atoms with E-state index in [-0.39, 0.29) is 17.9 Å². The standard InChI is InChI=1S/C26H37N3O2/c1-16(2)29-14-18-12-24-22(21-6-5-7-23(29)25(18)21)13-19(15-28(24)3)27-26(30)17-8-10-20(31-4)11-9-17/h5-7,14,16-17,19-20,22,24H,8-13,15H2,1-4H3,(H,27,30)/t17?,19-,20?,22-,24-/m1/s1. The highest BCUT2D eigenvalue weighted by Gasteiger charge is 2.40. The molecule has 0 radical (unpaired) electrons. The molecule has 1 aromatic carbocycles. The van der Waals surface area contributed by atoms with E-state index in [1.54, 1.807) is 7.11 Å². The predicted molar refractivity (Wildman–Crippen MR) is 124 cm³/mol. The maximum Gasteiger partial charge on any atom is 0.223 e. The van der Waals surface area contributed by atoms with Crippen molar-refractivity contribution in [3.05, 3.63) is 35.5 Å². The SMILES string of the molecule is COC1CCC(C(=O)N[C@@H]2C[C@@H]3c4cccc5c4c(cn5C(C)C)C[C@H]3N(C)C2)CC1. The number of piperidine rings is 1. The number of nitrogens with one attached hydrogen (secondary N) is 1. The molecule has 2 aliphatic carbocycles. The first-order valence-electron chi connectivity index (χ1n) is 12.1. The zero-order chi connectivity index (χ0) is 21.7. The van der Waals surface area contributed by atoms with Crippen LogP contribution in [0.5, 0.6) is 0 Å². The molecule has 1 amide bonds. The predicted octanol–water partition coefficient (Wildman–Crippen LogP) is 4.26. The van der Waals surface area contributed by atoms with Crippen LogP contribution in [0.1, 0.15) is 69.0 Å². The fraction of sp³-hybridized carbons (Fsp3) is 0.654. The van der Waals surface area contributed by atoms with Crippen LogP contribution in [0.3, 0.4) is 0 Å². The first-order chi connectivity index (χ1) is 15.0. The van der Waals surface area contributed by atoms with E-state index in [9.17, 15) is 4.79 Å². The summed E-state index contributed by atoms with van der Waals surface area (Å²) in [5, 5.41) is 4.91. The Hall–Kier alpha value is -1.85. The molecule has 2 heterocycles. The van der Waals surface area contributed by atoms with Gasteiger partial charge in [-0.1, -0.05) is 12.1 Å². The smallest absolute Gasteiger partial charge is 0.223 e. The van der Waals surface area contributed by atoms with E-state index in [1.165, 1.54) is 22.0 Å². The highest BCUT2D eigenvalue weighted by atomic mass is 16.5. The lowest BCUT2D eigenvalue weighted by molar-refractivity contribution is -0.128. The Morgan fingerprint density at radius 3 is 2.68 bits per heavy atom. The number of benzene rings is 1. The monoisotopic (exact) mass is 423 g/mol. The number of carbonyl (C=O) groups is 1. The van der Waals surface area contributed by atoms with Crippen molar-refractivity contribution in [3.8, 4) is 0 Å². The fourth-order valence-electron chi connectivity index (χ4n) is 6.49. The molecule has 5 nitrogen and oxygen atoms in total. The Kier molecular flexibility index (Phi) is 5.59. The number of amides is 1. The molecule has 2 aromatic rings. The molecule has 1 saturated carbocycles. The number of rotatable bonds is 4. The minimum absolute atomic E-state index is 0.149. The van der Waals surface area contributed by atoms with Crippen LogP contribution in [0.2, 0.25) is 0 Å². The molecule has 3 aliphatic rings. The summed E-state index contributed by atoms with van der Waals surface area (Å²) in [4.78, 5) is 15.5. The molecule has 5 heteroatoms. The Bertz CT molecular complexity index is 957. The molecule has 3 atom stereocenters. The molecule has 0 bridgehead atoms. The van der Waals surface area contributed by atoms with Crippen molar-refractivity contribution < 1.29 is 9.53 Å². The molecule has 2 fully saturated rings. The molecule has 1 N–H and O–H groups in total. The normalized spacial score (nSPS) is 31.1. The number of nitrogens with zero attached hydrogens (tertiary/aromatic N) is 2. The average molecular weight is 424 g/mol. The molecular weight excluding hydrogens is 386 g/mol. The number of hydrogen-bond acceptors (Lipinski definition) is 3. The zero-order valence-corrected chi connectivity index (χ0v) is 19.4. The van der Waals surface area contributed by atoms with Gasteiger partial charge >= 0.3 is 0 Å². The minimum atomic E-state index is 0.149. The van der Waals surface area contributed by atoms with Gasteiger partial charge in [-0.05, 0) is 76.6 Å². The molecule has 1 aliphatic heterocycles. The third-order valence-corrected chi connectivity index (χ3v) is 8.16. The first-order valence-corrected chi connectivity index (χ1v) is 12.1. The van der Waals surface area contributed by atoms with Crippen molar-refractivity contribution in [3.63, 3.8) is 0 Å². The van der Waals surface area contributed by atoms with E-state index in [1.807, 2.05) is 0 Å². The van der Waals surface area contributed by atoms with E-state index in [0.717, 1.165) is 45.1 Å². The van der Waals surface area contributed by atoms with Gasteiger partial charge in [0.15, 0.2) is 0 Å². The second-order valence-electron chi connectivity index (χ2n) is 10.4. The summed E-state index contributed by atoms with van der Waals surface area (Å²) >= 11 is 0. The third-order valence-electron chi connectivity index (χ3n) is 8.16. The fourth-order valence-corrected chi connectivity index (χ4v) is 6.49. The molecule has 1 aromatic heterocycles. The van der Waals surface area contributed by atoms with Crippen LogP contribution in [0.25, 0.3) is 10.9 Å². The third kappa shape index (κ3) is 3.70. The summed E-state index contributed by atoms with van der Waals surface area (Å²) in [7, 11) is 4.02. The summed E-state index contributed by atoms with van der Waals surface area (Å²) in [5.74, 6) is 0.885. The van der Waals surface area contributed by atoms with Gasteiger partial charge in [0.2, 0.25) is 5.91 Å². The van der Waals surface area contributed by atoms with E-state index in [4.69, 9.17) is 4.74 Å². The molecule has 1 saturated heterocycles. The van der Waals surface area contributed by atoms with Gasteiger partial charge in [0.25, 0.3) is 0 Å². The minimum Gasteiger partial charge on any atom is -0.381 e. The second-order valence-corrected chi connectivity index (χ2v) is 10.4. The number of aromatic nitrogens is 1. The number of likely N-dealkylation sites (tertiary alicyclic amines) is 1. The van der Waals surface area contributed by atoms with Crippen LogP contribution in [-0.2, 0) is 16.0 Å². The van der Waals surface area contributed by atoms with Gasteiger partial charge in [-0.15, -0.1) is 0 Å². The number of hydrogen-bond donors (Lipinski definition) is 1. The summed E-state index contributed by atoms with van der Waals surface area (Å²) in [6, 6.07) is 8.03. The summed E-state index contributed by atoms with van der Waals surface area (Å²) in [6.45, 7) is 5.47. The summed E-state index contributed by atoms with van der Waals surface area (Å²) in [6.07, 6.45) is 8.76. The highest BCUT2D eigenvalue weighted by molar-refractivity contribution is 5.89. The number of methoxy groups -OCH3 is 1. The molecule has 5 rings (SSSR count). The zero-order valence-electron chi connectivity index (χ0n) is 19.4. The van der Waals surface area contributed by atoms with Gasteiger partial charge < -0.3 is 19.5 Å². The van der Waals surface area contributed by atoms with Crippen LogP contribution in [0.15, 0.2) is 24.4 Å². The maximum atomic E-state index is 13.0. The van der Waals surface area contributed by atoms with Crippen molar-refractivity contribution in [2.75, 3.05) is 20.7 Å². The lowest BCUT2D eigenvalue weighted by Crippen LogP contribution is -2.55. The number of likely N-dealkylation sites (N-methyl/N-ethyl adjacent to an activating group) is 1. The lowest BCUT2D eigenvalue weighted by atomic mass is 9.74. The number of fused-ring (bicyclic) bond motifs is 2. The van der Waals surface area contributed by atoms with Crippen LogP contribution in [0.4, 0.5) is 0 Å². The molecular formula is C26H37N3O2. The van der Waals surface area contributed by atoms with Crippen molar-refractivity contribution in [2.24, 2.45) is 5.92 Å². The van der Waals surface area contributed by atoms with Crippen molar-refractivity contribution >= 4 is 16.8 Å². The molecule has 31 heavy (non-hydrogen) atoms. The average Bonchev–Trinajstić information content (AvgIpc) is 3.15. The maximum absolute atomic E-state index is 13.0. The van der Waals surface area contributed by atoms with Crippen molar-refractivity contribution in [1.82, 2.24) is 14.8 Å². The molecule has 0 unspecified atom stereocenters. The Balaban J connectivity index is 1.35. The van der Waals surface area contributed by atoms with E-state index in [2.05, 4.69) is 60.1 Å². The van der Waals surface area contributed by atoms with E-state index >= 15 is 0 Å². The van der Waals surface area contributed by atoms with Gasteiger partial charge in [0.1, 0.15) is 0 Å². The Labute approximate surface area is 186 Å². The van der Waals surface area contributed by atoms with Crippen LogP contribution < -0.4 is 5.32 Å². The quantitative estimate of drug-likeness (QED) is 0.799. The van der Waals surface area contributed by atoms with E-state index in [0.29, 0.717) is 24.1 Å². The molecule has 168 valence electrons. The number of ether oxygens (including phenoxy) is 1. The summed E-state index contributed by atoms with van der Waals surface area (Å²) < 4.78 is 7.91. The van der Waals surface area contributed by atoms with Crippen LogP contribution >= 0.6 is 0 Å². The second kappa shape index (κ2) is 8.25. The Morgan fingerprint density at radius 2 is 1.97 bits per heavy atom. The first kappa shape index (κ1) is 21.0. The molecule has 0 spiro atoms. The Morgan fingerprint density at radius 1 is 1.19 bits per heavy atom. The van der Waals surface area contributed by atoms with Gasteiger partial charge in [-0.3, -0.25) is 4.79 Å². The summed E-state index contributed by atoms with van der Waals surface area (Å²) in [5.41, 5.74) is 4.34. The topological polar surface area (TPSA) is 46.5 Å².